The van der Waals surface area contributed by atoms with Crippen LogP contribution in [0.4, 0.5) is 0 Å². The van der Waals surface area contributed by atoms with Gasteiger partial charge in [0.05, 0.1) is 0 Å². The lowest BCUT2D eigenvalue weighted by Gasteiger charge is -2.25. The van der Waals surface area contributed by atoms with E-state index in [9.17, 15) is 4.79 Å². The van der Waals surface area contributed by atoms with E-state index in [1.807, 2.05) is 38.1 Å². The molecule has 2 rings (SSSR count). The highest BCUT2D eigenvalue weighted by Crippen LogP contribution is 2.26. The summed E-state index contributed by atoms with van der Waals surface area (Å²) in [6.45, 7) is 3.91. The minimum Gasteiger partial charge on any atom is -0.480 e. The summed E-state index contributed by atoms with van der Waals surface area (Å²) in [5.74, 6) is 0.835. The van der Waals surface area contributed by atoms with Crippen molar-refractivity contribution >= 4 is 5.91 Å². The first kappa shape index (κ1) is 11.0. The van der Waals surface area contributed by atoms with E-state index in [1.54, 1.807) is 0 Å². The second kappa shape index (κ2) is 4.56. The van der Waals surface area contributed by atoms with Crippen LogP contribution >= 0.6 is 0 Å². The van der Waals surface area contributed by atoms with Crippen LogP contribution in [-0.4, -0.2) is 18.1 Å². The summed E-state index contributed by atoms with van der Waals surface area (Å²) in [7, 11) is 0. The van der Waals surface area contributed by atoms with Gasteiger partial charge in [-0.2, -0.15) is 0 Å². The summed E-state index contributed by atoms with van der Waals surface area (Å²) in [5, 5.41) is 2.88. The van der Waals surface area contributed by atoms with Crippen LogP contribution in [-0.2, 0) is 11.2 Å². The number of nitrogens with one attached hydrogen (secondary N) is 1. The van der Waals surface area contributed by atoms with E-state index < -0.39 is 0 Å². The number of rotatable bonds is 2. The fourth-order valence-corrected chi connectivity index (χ4v) is 1.89. The molecule has 1 aliphatic heterocycles. The number of hydrogen-bond acceptors (Lipinski definition) is 2. The predicted octanol–water partition coefficient (Wildman–Crippen LogP) is 1.90. The van der Waals surface area contributed by atoms with Gasteiger partial charge in [0.2, 0.25) is 0 Å². The number of aryl methyl sites for hydroxylation is 1. The molecule has 0 radical (unpaired) electrons. The zero-order chi connectivity index (χ0) is 11.5. The highest BCUT2D eigenvalue weighted by molar-refractivity contribution is 5.81. The van der Waals surface area contributed by atoms with Gasteiger partial charge in [-0.05, 0) is 38.3 Å². The number of amides is 1. The van der Waals surface area contributed by atoms with Crippen molar-refractivity contribution in [3.63, 3.8) is 0 Å². The molecule has 16 heavy (non-hydrogen) atoms. The van der Waals surface area contributed by atoms with Crippen LogP contribution in [0.2, 0.25) is 0 Å². The number of benzene rings is 1. The predicted molar refractivity (Wildman–Crippen MR) is 62.5 cm³/mol. The molecule has 1 amide bonds. The number of carbonyl (C=O) groups excluding carboxylic acids is 1. The fourth-order valence-electron chi connectivity index (χ4n) is 1.89. The molecule has 1 aliphatic rings. The second-order valence-electron chi connectivity index (χ2n) is 4.42. The highest BCUT2D eigenvalue weighted by atomic mass is 16.5. The molecule has 3 heteroatoms. The molecule has 0 aliphatic carbocycles. The van der Waals surface area contributed by atoms with Crippen LogP contribution in [0.1, 0.15) is 25.8 Å². The lowest BCUT2D eigenvalue weighted by atomic mass is 10.0. The third-order valence-electron chi connectivity index (χ3n) is 2.64. The van der Waals surface area contributed by atoms with E-state index in [-0.39, 0.29) is 18.1 Å². The Bertz CT molecular complexity index is 387. The molecule has 0 saturated carbocycles. The van der Waals surface area contributed by atoms with Gasteiger partial charge in [-0.15, -0.1) is 0 Å². The Kier molecular flexibility index (Phi) is 3.13. The maximum absolute atomic E-state index is 11.8. The Morgan fingerprint density at radius 3 is 2.94 bits per heavy atom. The molecule has 0 bridgehead atoms. The van der Waals surface area contributed by atoms with Crippen molar-refractivity contribution in [3.8, 4) is 5.75 Å². The van der Waals surface area contributed by atoms with Crippen molar-refractivity contribution in [1.29, 1.82) is 0 Å². The molecule has 86 valence electrons. The number of hydrogen-bond donors (Lipinski definition) is 1. The summed E-state index contributed by atoms with van der Waals surface area (Å²) in [4.78, 5) is 11.8. The first-order valence-electron chi connectivity index (χ1n) is 5.72. The Hall–Kier alpha value is -1.51. The first-order chi connectivity index (χ1) is 7.66. The summed E-state index contributed by atoms with van der Waals surface area (Å²) in [5.41, 5.74) is 1.19. The third kappa shape index (κ3) is 2.35. The molecule has 1 heterocycles. The smallest absolute Gasteiger partial charge is 0.261 e. The molecular weight excluding hydrogens is 202 g/mol. The van der Waals surface area contributed by atoms with Gasteiger partial charge < -0.3 is 10.1 Å². The van der Waals surface area contributed by atoms with E-state index in [0.717, 1.165) is 18.6 Å². The summed E-state index contributed by atoms with van der Waals surface area (Å²) in [6.07, 6.45) is 1.33. The maximum atomic E-state index is 11.8. The molecule has 1 atom stereocenters. The van der Waals surface area contributed by atoms with E-state index in [2.05, 4.69) is 5.32 Å². The maximum Gasteiger partial charge on any atom is 0.261 e. The van der Waals surface area contributed by atoms with Crippen molar-refractivity contribution in [2.24, 2.45) is 0 Å². The SMILES string of the molecule is CC(C)NC(=O)C1CCc2ccccc2O1. The molecule has 1 aromatic rings. The summed E-state index contributed by atoms with van der Waals surface area (Å²) in [6, 6.07) is 8.06. The van der Waals surface area contributed by atoms with Crippen molar-refractivity contribution in [1.82, 2.24) is 5.32 Å². The minimum atomic E-state index is -0.336. The second-order valence-corrected chi connectivity index (χ2v) is 4.42. The zero-order valence-electron chi connectivity index (χ0n) is 9.69. The summed E-state index contributed by atoms with van der Waals surface area (Å²) < 4.78 is 5.68. The fraction of sp³-hybridized carbons (Fsp3) is 0.462. The lowest BCUT2D eigenvalue weighted by Crippen LogP contribution is -2.43. The highest BCUT2D eigenvalue weighted by Gasteiger charge is 2.25. The standard InChI is InChI=1S/C13H17NO2/c1-9(2)14-13(15)12-8-7-10-5-3-4-6-11(10)16-12/h3-6,9,12H,7-8H2,1-2H3,(H,14,15). The quantitative estimate of drug-likeness (QED) is 0.825. The van der Waals surface area contributed by atoms with E-state index in [0.29, 0.717) is 0 Å². The number of ether oxygens (including phenoxy) is 1. The molecular formula is C13H17NO2. The molecule has 3 nitrogen and oxygen atoms in total. The third-order valence-corrected chi connectivity index (χ3v) is 2.64. The lowest BCUT2D eigenvalue weighted by molar-refractivity contribution is -0.129. The van der Waals surface area contributed by atoms with Crippen LogP contribution in [0.15, 0.2) is 24.3 Å². The average molecular weight is 219 g/mol. The van der Waals surface area contributed by atoms with Crippen molar-refractivity contribution in [3.05, 3.63) is 29.8 Å². The normalized spacial score (nSPS) is 18.8. The molecule has 1 N–H and O–H groups in total. The van der Waals surface area contributed by atoms with E-state index in [1.165, 1.54) is 5.56 Å². The van der Waals surface area contributed by atoms with Crippen molar-refractivity contribution in [2.75, 3.05) is 0 Å². The number of para-hydroxylation sites is 1. The van der Waals surface area contributed by atoms with E-state index >= 15 is 0 Å². The number of fused-ring (bicyclic) bond motifs is 1. The van der Waals surface area contributed by atoms with Crippen LogP contribution in [0, 0.1) is 0 Å². The van der Waals surface area contributed by atoms with Gasteiger partial charge in [0.15, 0.2) is 6.10 Å². The van der Waals surface area contributed by atoms with Gasteiger partial charge in [-0.1, -0.05) is 18.2 Å². The number of carbonyl (C=O) groups is 1. The molecule has 1 aromatic carbocycles. The molecule has 0 spiro atoms. The van der Waals surface area contributed by atoms with Crippen LogP contribution < -0.4 is 10.1 Å². The van der Waals surface area contributed by atoms with Gasteiger partial charge in [-0.25, -0.2) is 0 Å². The average Bonchev–Trinajstić information content (AvgIpc) is 2.27. The molecule has 0 saturated heterocycles. The largest absolute Gasteiger partial charge is 0.480 e. The van der Waals surface area contributed by atoms with Gasteiger partial charge in [0.25, 0.3) is 5.91 Å². The molecule has 0 fully saturated rings. The Morgan fingerprint density at radius 2 is 2.19 bits per heavy atom. The van der Waals surface area contributed by atoms with Crippen LogP contribution in [0.25, 0.3) is 0 Å². The van der Waals surface area contributed by atoms with Gasteiger partial charge in [0.1, 0.15) is 5.75 Å². The first-order valence-corrected chi connectivity index (χ1v) is 5.72. The van der Waals surface area contributed by atoms with Crippen molar-refractivity contribution < 1.29 is 9.53 Å². The topological polar surface area (TPSA) is 38.3 Å². The molecule has 1 unspecified atom stereocenters. The zero-order valence-corrected chi connectivity index (χ0v) is 9.69. The van der Waals surface area contributed by atoms with Gasteiger partial charge >= 0.3 is 0 Å². The monoisotopic (exact) mass is 219 g/mol. The Balaban J connectivity index is 2.05. The van der Waals surface area contributed by atoms with Crippen LogP contribution in [0.3, 0.4) is 0 Å². The summed E-state index contributed by atoms with van der Waals surface area (Å²) >= 11 is 0. The Labute approximate surface area is 95.8 Å². The Morgan fingerprint density at radius 1 is 1.44 bits per heavy atom. The van der Waals surface area contributed by atoms with Crippen molar-refractivity contribution in [2.45, 2.75) is 38.8 Å². The minimum absolute atomic E-state index is 0.00972. The van der Waals surface area contributed by atoms with Gasteiger partial charge in [0, 0.05) is 6.04 Å². The van der Waals surface area contributed by atoms with Crippen LogP contribution in [0.5, 0.6) is 5.75 Å². The molecule has 0 aromatic heterocycles. The van der Waals surface area contributed by atoms with Gasteiger partial charge in [-0.3, -0.25) is 4.79 Å². The van der Waals surface area contributed by atoms with E-state index in [4.69, 9.17) is 4.74 Å².